The highest BCUT2D eigenvalue weighted by atomic mass is 16.2. The molecule has 0 atom stereocenters. The number of nitrogen functional groups attached to an aromatic ring is 2. The molecular weight excluding hydrogens is 562 g/mol. The molecule has 0 saturated carbocycles. The van der Waals surface area contributed by atoms with Gasteiger partial charge in [0.05, 0.1) is 23.8 Å². The predicted octanol–water partition coefficient (Wildman–Crippen LogP) is 4.60. The second-order valence-corrected chi connectivity index (χ2v) is 9.03. The number of carbonyl (C=O) groups excluding carboxylic acids is 2. The van der Waals surface area contributed by atoms with Crippen molar-refractivity contribution in [2.24, 2.45) is 0 Å². The van der Waals surface area contributed by atoms with Crippen LogP contribution in [0.3, 0.4) is 0 Å². The summed E-state index contributed by atoms with van der Waals surface area (Å²) in [6.07, 6.45) is 6.03. The maximum atomic E-state index is 12.3. The Hall–Kier alpha value is -6.70. The van der Waals surface area contributed by atoms with Crippen molar-refractivity contribution in [3.05, 3.63) is 125 Å². The van der Waals surface area contributed by atoms with Crippen LogP contribution in [0.4, 0.5) is 23.0 Å². The normalized spacial score (nSPS) is 10.3. The Kier molecular flexibility index (Phi) is 8.72. The standard InChI is InChI=1S/C16H13N5O2.C14H12N6O.5H2/c17-15-14(16(23)20-11-4-2-1-3-5-11)21-12(9-19-15)10-6-7-13(22)18-8-10;15-13-12(14(21)18-9-4-2-1-3-5-9)19-11(8-16-13)10-6-7-17-20-10;;;;;/h1-9H,(H2,17,19)(H,18,22)(H,20,23);1-8H,(H2,15,16)(H,17,20)(H,18,21);5*1H. The van der Waals surface area contributed by atoms with Gasteiger partial charge in [-0.25, -0.2) is 19.9 Å². The maximum absolute atomic E-state index is 12.3. The third kappa shape index (κ3) is 7.13. The molecule has 44 heavy (non-hydrogen) atoms. The number of nitrogens with zero attached hydrogens (tertiary/aromatic N) is 5. The first-order valence-electron chi connectivity index (χ1n) is 13.0. The molecule has 0 spiro atoms. The Morgan fingerprint density at radius 2 is 1.25 bits per heavy atom. The Bertz CT molecular complexity index is 1950. The molecule has 0 aliphatic heterocycles. The molecule has 2 amide bonds. The van der Waals surface area contributed by atoms with Gasteiger partial charge in [-0.1, -0.05) is 36.4 Å². The van der Waals surface area contributed by atoms with Crippen LogP contribution < -0.4 is 27.7 Å². The van der Waals surface area contributed by atoms with Gasteiger partial charge in [-0.15, -0.1) is 0 Å². The summed E-state index contributed by atoms with van der Waals surface area (Å²) in [5, 5.41) is 12.0. The molecule has 8 N–H and O–H groups in total. The molecule has 0 radical (unpaired) electrons. The first-order valence-corrected chi connectivity index (χ1v) is 13.0. The zero-order valence-corrected chi connectivity index (χ0v) is 22.9. The molecule has 228 valence electrons. The van der Waals surface area contributed by atoms with E-state index in [0.29, 0.717) is 34.0 Å². The van der Waals surface area contributed by atoms with Crippen LogP contribution in [-0.2, 0) is 0 Å². The quantitative estimate of drug-likeness (QED) is 0.156. The molecule has 4 aromatic heterocycles. The number of rotatable bonds is 6. The fraction of sp³-hybridized carbons (Fsp3) is 0. The van der Waals surface area contributed by atoms with Crippen molar-refractivity contribution >= 4 is 34.8 Å². The molecule has 0 unspecified atom stereocenters. The highest BCUT2D eigenvalue weighted by molar-refractivity contribution is 6.06. The summed E-state index contributed by atoms with van der Waals surface area (Å²) in [5.74, 6) is -0.752. The molecule has 2 aromatic carbocycles. The van der Waals surface area contributed by atoms with E-state index in [1.54, 1.807) is 54.7 Å². The number of nitrogens with one attached hydrogen (secondary N) is 4. The summed E-state index contributed by atoms with van der Waals surface area (Å²) in [6.45, 7) is 0. The second-order valence-electron chi connectivity index (χ2n) is 9.03. The second kappa shape index (κ2) is 13.3. The number of hydrogen-bond acceptors (Lipinski definition) is 10. The van der Waals surface area contributed by atoms with E-state index in [1.807, 2.05) is 24.3 Å². The molecule has 0 saturated heterocycles. The largest absolute Gasteiger partial charge is 0.382 e. The molecule has 4 heterocycles. The number of amides is 2. The van der Waals surface area contributed by atoms with Crippen molar-refractivity contribution in [3.8, 4) is 22.6 Å². The van der Waals surface area contributed by atoms with E-state index >= 15 is 0 Å². The van der Waals surface area contributed by atoms with Gasteiger partial charge in [-0.2, -0.15) is 5.10 Å². The fourth-order valence-corrected chi connectivity index (χ4v) is 3.79. The minimum Gasteiger partial charge on any atom is -0.382 e. The molecule has 14 heteroatoms. The van der Waals surface area contributed by atoms with Crippen molar-refractivity contribution in [2.45, 2.75) is 0 Å². The van der Waals surface area contributed by atoms with Crippen molar-refractivity contribution < 1.29 is 16.7 Å². The number of anilines is 4. The lowest BCUT2D eigenvalue weighted by molar-refractivity contribution is 0.101. The summed E-state index contributed by atoms with van der Waals surface area (Å²) in [5.41, 5.74) is 14.9. The first-order chi connectivity index (χ1) is 21.4. The molecular formula is C30H35N11O3. The zero-order valence-electron chi connectivity index (χ0n) is 22.9. The monoisotopic (exact) mass is 597 g/mol. The highest BCUT2D eigenvalue weighted by Gasteiger charge is 2.16. The molecule has 0 aliphatic carbocycles. The van der Waals surface area contributed by atoms with Gasteiger partial charge in [0.25, 0.3) is 11.8 Å². The van der Waals surface area contributed by atoms with Crippen LogP contribution in [0.25, 0.3) is 22.6 Å². The molecule has 0 bridgehead atoms. The summed E-state index contributed by atoms with van der Waals surface area (Å²) >= 11 is 0. The molecule has 6 aromatic rings. The van der Waals surface area contributed by atoms with Crippen molar-refractivity contribution in [1.82, 2.24) is 35.1 Å². The smallest absolute Gasteiger partial charge is 0.278 e. The Balaban J connectivity index is 0.000000856. The summed E-state index contributed by atoms with van der Waals surface area (Å²) in [6, 6.07) is 22.7. The van der Waals surface area contributed by atoms with E-state index in [-0.39, 0.29) is 35.7 Å². The van der Waals surface area contributed by atoms with Crippen LogP contribution in [0, 0.1) is 0 Å². The van der Waals surface area contributed by atoms with Crippen LogP contribution in [0.15, 0.2) is 108 Å². The number of H-pyrrole nitrogens is 2. The average molecular weight is 598 g/mol. The van der Waals surface area contributed by atoms with E-state index in [0.717, 1.165) is 0 Å². The first kappa shape index (κ1) is 28.8. The average Bonchev–Trinajstić information content (AvgIpc) is 3.59. The highest BCUT2D eigenvalue weighted by Crippen LogP contribution is 2.19. The topological polar surface area (TPSA) is 223 Å². The lowest BCUT2D eigenvalue weighted by Gasteiger charge is -2.08. The number of aromatic amines is 2. The Morgan fingerprint density at radius 3 is 1.75 bits per heavy atom. The molecule has 0 fully saturated rings. The summed E-state index contributed by atoms with van der Waals surface area (Å²) in [4.78, 5) is 54.7. The van der Waals surface area contributed by atoms with Gasteiger partial charge >= 0.3 is 0 Å². The van der Waals surface area contributed by atoms with E-state index in [1.165, 1.54) is 24.7 Å². The lowest BCUT2D eigenvalue weighted by atomic mass is 10.2. The lowest BCUT2D eigenvalue weighted by Crippen LogP contribution is -2.17. The number of para-hydroxylation sites is 2. The van der Waals surface area contributed by atoms with Crippen molar-refractivity contribution in [3.63, 3.8) is 0 Å². The number of pyridine rings is 1. The van der Waals surface area contributed by atoms with Gasteiger partial charge in [0.2, 0.25) is 5.56 Å². The van der Waals surface area contributed by atoms with E-state index < -0.39 is 11.8 Å². The van der Waals surface area contributed by atoms with Crippen molar-refractivity contribution in [2.75, 3.05) is 22.1 Å². The van der Waals surface area contributed by atoms with Crippen LogP contribution in [-0.4, -0.2) is 46.9 Å². The Labute approximate surface area is 257 Å². The maximum Gasteiger partial charge on any atom is 0.278 e. The van der Waals surface area contributed by atoms with E-state index in [9.17, 15) is 14.4 Å². The predicted molar refractivity (Wildman–Crippen MR) is 176 cm³/mol. The van der Waals surface area contributed by atoms with E-state index in [4.69, 9.17) is 11.5 Å². The van der Waals surface area contributed by atoms with Gasteiger partial charge in [0, 0.05) is 42.5 Å². The van der Waals surface area contributed by atoms with Gasteiger partial charge in [0.15, 0.2) is 23.0 Å². The molecule has 14 nitrogen and oxygen atoms in total. The van der Waals surface area contributed by atoms with Gasteiger partial charge in [-0.3, -0.25) is 19.5 Å². The number of carbonyl (C=O) groups is 2. The molecule has 6 rings (SSSR count). The van der Waals surface area contributed by atoms with E-state index in [2.05, 4.69) is 45.8 Å². The fourth-order valence-electron chi connectivity index (χ4n) is 3.79. The zero-order chi connectivity index (χ0) is 30.9. The third-order valence-electron chi connectivity index (χ3n) is 5.95. The van der Waals surface area contributed by atoms with Crippen LogP contribution >= 0.6 is 0 Å². The minimum atomic E-state index is -0.451. The number of nitrogens with two attached hydrogens (primary N) is 2. The Morgan fingerprint density at radius 1 is 0.705 bits per heavy atom. The number of aromatic nitrogens is 7. The SMILES string of the molecule is Nc1ncc(-c2ccc(=O)[nH]c2)nc1C(=O)Nc1ccccc1.Nc1ncc(-c2ccn[nH]2)nc1C(=O)Nc1ccccc1.[HH].[HH].[HH].[HH].[HH]. The number of benzene rings is 2. The summed E-state index contributed by atoms with van der Waals surface area (Å²) in [7, 11) is 0. The molecule has 0 aliphatic rings. The minimum absolute atomic E-state index is 0. The summed E-state index contributed by atoms with van der Waals surface area (Å²) < 4.78 is 0. The third-order valence-corrected chi connectivity index (χ3v) is 5.95. The van der Waals surface area contributed by atoms with Crippen LogP contribution in [0.5, 0.6) is 0 Å². The van der Waals surface area contributed by atoms with Crippen molar-refractivity contribution in [1.29, 1.82) is 0 Å². The number of hydrogen-bond donors (Lipinski definition) is 6. The van der Waals surface area contributed by atoms with Crippen LogP contribution in [0.1, 0.15) is 28.1 Å². The van der Waals surface area contributed by atoms with Gasteiger partial charge in [0.1, 0.15) is 5.69 Å². The van der Waals surface area contributed by atoms with Crippen LogP contribution in [0.2, 0.25) is 0 Å². The van der Waals surface area contributed by atoms with Gasteiger partial charge in [-0.05, 0) is 36.4 Å². The van der Waals surface area contributed by atoms with Gasteiger partial charge < -0.3 is 27.1 Å².